The predicted molar refractivity (Wildman–Crippen MR) is 94.8 cm³/mol. The van der Waals surface area contributed by atoms with Crippen LogP contribution in [0.15, 0.2) is 18.2 Å². The Bertz CT molecular complexity index is 768. The van der Waals surface area contributed by atoms with Crippen LogP contribution in [0.4, 0.5) is 10.5 Å². The number of ether oxygens (including phenoxy) is 1. The molecule has 1 aromatic rings. The molecule has 8 nitrogen and oxygen atoms in total. The lowest BCUT2D eigenvalue weighted by Gasteiger charge is -2.17. The second kappa shape index (κ2) is 7.92. The molecule has 1 aromatic carbocycles. The molecule has 2 atom stereocenters. The van der Waals surface area contributed by atoms with Crippen LogP contribution < -0.4 is 20.7 Å². The molecule has 0 aliphatic carbocycles. The van der Waals surface area contributed by atoms with Crippen molar-refractivity contribution in [2.75, 3.05) is 23.9 Å². The number of urea groups is 1. The molecule has 2 rings (SSSR count). The highest BCUT2D eigenvalue weighted by Gasteiger charge is 2.29. The van der Waals surface area contributed by atoms with Crippen LogP contribution in [-0.2, 0) is 14.6 Å². The maximum absolute atomic E-state index is 12.1. The van der Waals surface area contributed by atoms with E-state index in [0.717, 1.165) is 0 Å². The first kappa shape index (κ1) is 19.3. The molecule has 0 aromatic heterocycles. The maximum atomic E-state index is 12.1. The van der Waals surface area contributed by atoms with E-state index in [9.17, 15) is 18.0 Å². The average Bonchev–Trinajstić information content (AvgIpc) is 2.85. The summed E-state index contributed by atoms with van der Waals surface area (Å²) in [7, 11) is -1.60. The van der Waals surface area contributed by atoms with Gasteiger partial charge in [-0.3, -0.25) is 4.79 Å². The number of hydrogen-bond acceptors (Lipinski definition) is 5. The van der Waals surface area contributed by atoms with Gasteiger partial charge in [0.15, 0.2) is 9.84 Å². The number of sulfone groups is 1. The standard InChI is InChI=1S/C15H20ClN3O5S/c1-9(17-15(21)19-11-5-6-25(22,23)8-11)14(20)18-10-3-4-13(24-2)12(16)7-10/h3-4,7,9,11H,5-6,8H2,1-2H3,(H,18,20)(H2,17,19,21)/t9-,11?/m0/s1. The molecule has 0 saturated carbocycles. The van der Waals surface area contributed by atoms with E-state index in [-0.39, 0.29) is 11.5 Å². The Kier molecular flexibility index (Phi) is 6.12. The predicted octanol–water partition coefficient (Wildman–Crippen LogP) is 1.16. The number of rotatable bonds is 5. The minimum absolute atomic E-state index is 0.0617. The minimum Gasteiger partial charge on any atom is -0.495 e. The number of methoxy groups -OCH3 is 1. The van der Waals surface area contributed by atoms with Crippen molar-refractivity contribution < 1.29 is 22.7 Å². The van der Waals surface area contributed by atoms with Gasteiger partial charge in [0.05, 0.1) is 23.6 Å². The number of anilines is 1. The van der Waals surface area contributed by atoms with Gasteiger partial charge in [-0.15, -0.1) is 0 Å². The van der Waals surface area contributed by atoms with E-state index in [4.69, 9.17) is 16.3 Å². The first-order chi connectivity index (χ1) is 11.7. The molecular formula is C15H20ClN3O5S. The Hall–Kier alpha value is -2.00. The fourth-order valence-corrected chi connectivity index (χ4v) is 4.32. The first-order valence-corrected chi connectivity index (χ1v) is 9.82. The van der Waals surface area contributed by atoms with Crippen molar-refractivity contribution in [3.63, 3.8) is 0 Å². The Morgan fingerprint density at radius 1 is 1.36 bits per heavy atom. The third kappa shape index (κ3) is 5.50. The molecule has 1 unspecified atom stereocenters. The Morgan fingerprint density at radius 2 is 2.08 bits per heavy atom. The number of halogens is 1. The molecule has 0 bridgehead atoms. The quantitative estimate of drug-likeness (QED) is 0.699. The van der Waals surface area contributed by atoms with E-state index in [1.54, 1.807) is 12.1 Å². The van der Waals surface area contributed by atoms with Crippen LogP contribution in [0.2, 0.25) is 5.02 Å². The molecule has 1 saturated heterocycles. The summed E-state index contributed by atoms with van der Waals surface area (Å²) in [5.74, 6) is 0.0320. The van der Waals surface area contributed by atoms with Gasteiger partial charge in [-0.25, -0.2) is 13.2 Å². The molecule has 0 radical (unpaired) electrons. The highest BCUT2D eigenvalue weighted by Crippen LogP contribution is 2.27. The largest absolute Gasteiger partial charge is 0.495 e. The van der Waals surface area contributed by atoms with Gasteiger partial charge in [0.2, 0.25) is 5.91 Å². The van der Waals surface area contributed by atoms with Gasteiger partial charge < -0.3 is 20.7 Å². The zero-order chi connectivity index (χ0) is 18.6. The van der Waals surface area contributed by atoms with Gasteiger partial charge in [-0.1, -0.05) is 11.6 Å². The van der Waals surface area contributed by atoms with Gasteiger partial charge in [0.25, 0.3) is 0 Å². The molecule has 1 aliphatic heterocycles. The van der Waals surface area contributed by atoms with Crippen molar-refractivity contribution >= 4 is 39.1 Å². The molecule has 3 N–H and O–H groups in total. The molecule has 3 amide bonds. The fraction of sp³-hybridized carbons (Fsp3) is 0.467. The zero-order valence-electron chi connectivity index (χ0n) is 13.8. The van der Waals surface area contributed by atoms with E-state index < -0.39 is 33.9 Å². The second-order valence-corrected chi connectivity index (χ2v) is 8.41. The fourth-order valence-electron chi connectivity index (χ4n) is 2.39. The molecule has 1 heterocycles. The van der Waals surface area contributed by atoms with E-state index in [1.165, 1.54) is 20.1 Å². The average molecular weight is 390 g/mol. The van der Waals surface area contributed by atoms with Gasteiger partial charge in [-0.05, 0) is 31.5 Å². The number of carbonyl (C=O) groups is 2. The molecule has 25 heavy (non-hydrogen) atoms. The van der Waals surface area contributed by atoms with Crippen LogP contribution in [0.1, 0.15) is 13.3 Å². The van der Waals surface area contributed by atoms with Crippen LogP contribution in [0.25, 0.3) is 0 Å². The topological polar surface area (TPSA) is 114 Å². The first-order valence-electron chi connectivity index (χ1n) is 7.62. The SMILES string of the molecule is COc1ccc(NC(=O)[C@H](C)NC(=O)NC2CCS(=O)(=O)C2)cc1Cl. The van der Waals surface area contributed by atoms with E-state index in [1.807, 2.05) is 0 Å². The van der Waals surface area contributed by atoms with Crippen LogP contribution in [0, 0.1) is 0 Å². The number of amides is 3. The van der Waals surface area contributed by atoms with Crippen LogP contribution >= 0.6 is 11.6 Å². The van der Waals surface area contributed by atoms with Gasteiger partial charge in [0.1, 0.15) is 11.8 Å². The summed E-state index contributed by atoms with van der Waals surface area (Å²) in [5.41, 5.74) is 0.465. The van der Waals surface area contributed by atoms with Crippen molar-refractivity contribution in [3.8, 4) is 5.75 Å². The summed E-state index contributed by atoms with van der Waals surface area (Å²) < 4.78 is 27.8. The Morgan fingerprint density at radius 3 is 2.64 bits per heavy atom. The number of hydrogen-bond donors (Lipinski definition) is 3. The smallest absolute Gasteiger partial charge is 0.315 e. The lowest BCUT2D eigenvalue weighted by molar-refractivity contribution is -0.117. The lowest BCUT2D eigenvalue weighted by Crippen LogP contribution is -2.49. The molecule has 1 fully saturated rings. The van der Waals surface area contributed by atoms with Crippen LogP contribution in [0.3, 0.4) is 0 Å². The van der Waals surface area contributed by atoms with Crippen molar-refractivity contribution in [2.24, 2.45) is 0 Å². The summed E-state index contributed by atoms with van der Waals surface area (Å²) in [6, 6.07) is 2.94. The summed E-state index contributed by atoms with van der Waals surface area (Å²) >= 11 is 5.99. The van der Waals surface area contributed by atoms with Crippen LogP contribution in [-0.4, -0.2) is 51.1 Å². The molecular weight excluding hydrogens is 370 g/mol. The molecule has 0 spiro atoms. The number of nitrogens with one attached hydrogen (secondary N) is 3. The van der Waals surface area contributed by atoms with E-state index >= 15 is 0 Å². The van der Waals surface area contributed by atoms with Crippen molar-refractivity contribution in [1.82, 2.24) is 10.6 Å². The highest BCUT2D eigenvalue weighted by atomic mass is 35.5. The summed E-state index contributed by atoms with van der Waals surface area (Å²) in [6.45, 7) is 1.52. The normalized spacial score (nSPS) is 19.7. The summed E-state index contributed by atoms with van der Waals surface area (Å²) in [6.07, 6.45) is 0.376. The van der Waals surface area contributed by atoms with E-state index in [0.29, 0.717) is 22.9 Å². The molecule has 138 valence electrons. The third-order valence-corrected chi connectivity index (χ3v) is 5.79. The lowest BCUT2D eigenvalue weighted by atomic mass is 10.2. The van der Waals surface area contributed by atoms with Gasteiger partial charge in [0, 0.05) is 11.7 Å². The highest BCUT2D eigenvalue weighted by molar-refractivity contribution is 7.91. The molecule has 1 aliphatic rings. The summed E-state index contributed by atoms with van der Waals surface area (Å²) in [5, 5.41) is 8.02. The third-order valence-electron chi connectivity index (χ3n) is 3.73. The van der Waals surface area contributed by atoms with Crippen molar-refractivity contribution in [1.29, 1.82) is 0 Å². The monoisotopic (exact) mass is 389 g/mol. The van der Waals surface area contributed by atoms with Crippen molar-refractivity contribution in [3.05, 3.63) is 23.2 Å². The minimum atomic E-state index is -3.08. The van der Waals surface area contributed by atoms with E-state index in [2.05, 4.69) is 16.0 Å². The molecule has 10 heteroatoms. The second-order valence-electron chi connectivity index (χ2n) is 5.78. The van der Waals surface area contributed by atoms with Gasteiger partial charge >= 0.3 is 6.03 Å². The van der Waals surface area contributed by atoms with Gasteiger partial charge in [-0.2, -0.15) is 0 Å². The summed E-state index contributed by atoms with van der Waals surface area (Å²) in [4.78, 5) is 24.0. The Labute approximate surface area is 151 Å². The van der Waals surface area contributed by atoms with Crippen molar-refractivity contribution in [2.45, 2.75) is 25.4 Å². The zero-order valence-corrected chi connectivity index (χ0v) is 15.4. The van der Waals surface area contributed by atoms with Crippen LogP contribution in [0.5, 0.6) is 5.75 Å². The Balaban J connectivity index is 1.85. The maximum Gasteiger partial charge on any atom is 0.315 e. The number of carbonyl (C=O) groups excluding carboxylic acids is 2. The number of benzene rings is 1.